The molecular weight excluding hydrogens is 322 g/mol. The molecule has 0 bridgehead atoms. The summed E-state index contributed by atoms with van der Waals surface area (Å²) in [4.78, 5) is 17.1. The van der Waals surface area contributed by atoms with Gasteiger partial charge in [0.2, 0.25) is 5.88 Å². The van der Waals surface area contributed by atoms with Gasteiger partial charge in [0.25, 0.3) is 0 Å². The van der Waals surface area contributed by atoms with Crippen LogP contribution in [-0.2, 0) is 0 Å². The van der Waals surface area contributed by atoms with Crippen LogP contribution in [0.15, 0.2) is 47.1 Å². The van der Waals surface area contributed by atoms with Crippen molar-refractivity contribution in [2.24, 2.45) is 0 Å². The fourth-order valence-electron chi connectivity index (χ4n) is 1.41. The van der Waals surface area contributed by atoms with Crippen LogP contribution in [0.4, 0.5) is 10.5 Å². The van der Waals surface area contributed by atoms with Crippen LogP contribution in [0.2, 0.25) is 0 Å². The number of hydrogen-bond acceptors (Lipinski definition) is 3. The molecule has 0 atom stereocenters. The molecule has 1 N–H and O–H groups in total. The van der Waals surface area contributed by atoms with E-state index in [1.54, 1.807) is 44.4 Å². The Morgan fingerprint density at radius 3 is 2.50 bits per heavy atom. The highest BCUT2D eigenvalue weighted by molar-refractivity contribution is 9.10. The van der Waals surface area contributed by atoms with E-state index < -0.39 is 0 Å². The number of benzene rings is 1. The maximum Gasteiger partial charge on any atom is 0.321 e. The average molecular weight is 336 g/mol. The first kappa shape index (κ1) is 14.3. The Labute approximate surface area is 125 Å². The van der Waals surface area contributed by atoms with Crippen molar-refractivity contribution < 1.29 is 9.53 Å². The third-order valence-corrected chi connectivity index (χ3v) is 2.87. The number of pyridine rings is 1. The lowest BCUT2D eigenvalue weighted by Crippen LogP contribution is -2.27. The van der Waals surface area contributed by atoms with Crippen LogP contribution in [0.3, 0.4) is 0 Å². The molecule has 0 radical (unpaired) electrons. The number of nitrogens with one attached hydrogen (secondary N) is 1. The number of carbonyl (C=O) groups excluding carboxylic acids is 1. The zero-order valence-corrected chi connectivity index (χ0v) is 12.7. The highest BCUT2D eigenvalue weighted by atomic mass is 79.9. The molecule has 0 aliphatic rings. The third-order valence-electron chi connectivity index (χ3n) is 2.42. The number of anilines is 1. The van der Waals surface area contributed by atoms with Crippen LogP contribution in [-0.4, -0.2) is 30.0 Å². The standard InChI is InChI=1S/C14H14BrN3O2/c1-18(2)14(19)16-10-6-8-11(9-7-10)20-13-5-3-4-12(15)17-13/h3-9H,1-2H3,(H,16,19). The van der Waals surface area contributed by atoms with Crippen LogP contribution < -0.4 is 10.1 Å². The van der Waals surface area contributed by atoms with Gasteiger partial charge < -0.3 is 15.0 Å². The summed E-state index contributed by atoms with van der Waals surface area (Å²) in [5.74, 6) is 1.16. The second-order valence-electron chi connectivity index (χ2n) is 4.25. The van der Waals surface area contributed by atoms with Gasteiger partial charge in [0.1, 0.15) is 10.4 Å². The number of halogens is 1. The zero-order chi connectivity index (χ0) is 14.5. The van der Waals surface area contributed by atoms with Gasteiger partial charge in [0.05, 0.1) is 0 Å². The van der Waals surface area contributed by atoms with Gasteiger partial charge in [-0.15, -0.1) is 0 Å². The van der Waals surface area contributed by atoms with Crippen molar-refractivity contribution >= 4 is 27.6 Å². The van der Waals surface area contributed by atoms with Gasteiger partial charge in [0, 0.05) is 25.8 Å². The molecule has 0 fully saturated rings. The van der Waals surface area contributed by atoms with Crippen molar-refractivity contribution in [1.29, 1.82) is 0 Å². The number of aromatic nitrogens is 1. The van der Waals surface area contributed by atoms with Crippen LogP contribution in [0.5, 0.6) is 11.6 Å². The van der Waals surface area contributed by atoms with E-state index in [0.29, 0.717) is 21.9 Å². The van der Waals surface area contributed by atoms with E-state index in [0.717, 1.165) is 0 Å². The largest absolute Gasteiger partial charge is 0.439 e. The van der Waals surface area contributed by atoms with Gasteiger partial charge in [0.15, 0.2) is 0 Å². The Balaban J connectivity index is 2.03. The Kier molecular flexibility index (Phi) is 4.57. The second-order valence-corrected chi connectivity index (χ2v) is 5.06. The third kappa shape index (κ3) is 3.96. The van der Waals surface area contributed by atoms with Crippen LogP contribution in [0, 0.1) is 0 Å². The first-order chi connectivity index (χ1) is 9.54. The maximum absolute atomic E-state index is 11.5. The minimum atomic E-state index is -0.174. The Morgan fingerprint density at radius 2 is 1.90 bits per heavy atom. The molecule has 1 aromatic carbocycles. The summed E-state index contributed by atoms with van der Waals surface area (Å²) in [7, 11) is 3.37. The van der Waals surface area contributed by atoms with Crippen molar-refractivity contribution in [2.45, 2.75) is 0 Å². The molecular formula is C14H14BrN3O2. The molecule has 2 amide bonds. The Morgan fingerprint density at radius 1 is 1.20 bits per heavy atom. The van der Waals surface area contributed by atoms with Gasteiger partial charge in [-0.25, -0.2) is 9.78 Å². The minimum Gasteiger partial charge on any atom is -0.439 e. The Hall–Kier alpha value is -2.08. The quantitative estimate of drug-likeness (QED) is 0.869. The molecule has 0 spiro atoms. The van der Waals surface area contributed by atoms with E-state index in [2.05, 4.69) is 26.2 Å². The number of nitrogens with zero attached hydrogens (tertiary/aromatic N) is 2. The summed E-state index contributed by atoms with van der Waals surface area (Å²) in [6, 6.07) is 12.4. The number of ether oxygens (including phenoxy) is 1. The predicted molar refractivity (Wildman–Crippen MR) is 81.2 cm³/mol. The van der Waals surface area contributed by atoms with Crippen molar-refractivity contribution in [3.8, 4) is 11.6 Å². The highest BCUT2D eigenvalue weighted by Gasteiger charge is 2.04. The number of amides is 2. The molecule has 20 heavy (non-hydrogen) atoms. The van der Waals surface area contributed by atoms with Crippen molar-refractivity contribution in [3.63, 3.8) is 0 Å². The lowest BCUT2D eigenvalue weighted by Gasteiger charge is -2.12. The van der Waals surface area contributed by atoms with E-state index in [-0.39, 0.29) is 6.03 Å². The summed E-state index contributed by atoms with van der Waals surface area (Å²) in [6.45, 7) is 0. The lowest BCUT2D eigenvalue weighted by molar-refractivity contribution is 0.230. The van der Waals surface area contributed by atoms with Gasteiger partial charge in [-0.3, -0.25) is 0 Å². The molecule has 0 aliphatic carbocycles. The molecule has 1 aromatic heterocycles. The highest BCUT2D eigenvalue weighted by Crippen LogP contribution is 2.22. The van der Waals surface area contributed by atoms with Crippen LogP contribution >= 0.6 is 15.9 Å². The fraction of sp³-hybridized carbons (Fsp3) is 0.143. The number of hydrogen-bond donors (Lipinski definition) is 1. The summed E-state index contributed by atoms with van der Waals surface area (Å²) in [6.07, 6.45) is 0. The van der Waals surface area contributed by atoms with Crippen molar-refractivity contribution in [1.82, 2.24) is 9.88 Å². The summed E-state index contributed by atoms with van der Waals surface area (Å²) in [5.41, 5.74) is 0.707. The monoisotopic (exact) mass is 335 g/mol. The van der Waals surface area contributed by atoms with Crippen molar-refractivity contribution in [2.75, 3.05) is 19.4 Å². The number of rotatable bonds is 3. The summed E-state index contributed by atoms with van der Waals surface area (Å²) >= 11 is 3.28. The van der Waals surface area contributed by atoms with Gasteiger partial charge in [-0.05, 0) is 46.3 Å². The maximum atomic E-state index is 11.5. The van der Waals surface area contributed by atoms with Crippen molar-refractivity contribution in [3.05, 3.63) is 47.1 Å². The summed E-state index contributed by atoms with van der Waals surface area (Å²) < 4.78 is 6.32. The van der Waals surface area contributed by atoms with Gasteiger partial charge >= 0.3 is 6.03 Å². The first-order valence-electron chi connectivity index (χ1n) is 5.93. The molecule has 0 saturated carbocycles. The molecule has 0 unspecified atom stereocenters. The van der Waals surface area contributed by atoms with E-state index in [4.69, 9.17) is 4.74 Å². The SMILES string of the molecule is CN(C)C(=O)Nc1ccc(Oc2cccc(Br)n2)cc1. The van der Waals surface area contributed by atoms with Gasteiger partial charge in [-0.1, -0.05) is 6.07 Å². The molecule has 104 valence electrons. The van der Waals surface area contributed by atoms with E-state index in [1.807, 2.05) is 12.1 Å². The number of urea groups is 1. The molecule has 6 heteroatoms. The molecule has 5 nitrogen and oxygen atoms in total. The fourth-order valence-corrected chi connectivity index (χ4v) is 1.74. The minimum absolute atomic E-state index is 0.174. The molecule has 2 rings (SSSR count). The first-order valence-corrected chi connectivity index (χ1v) is 6.72. The second kappa shape index (κ2) is 6.38. The van der Waals surface area contributed by atoms with Crippen LogP contribution in [0.1, 0.15) is 0 Å². The van der Waals surface area contributed by atoms with E-state index in [9.17, 15) is 4.79 Å². The molecule has 0 saturated heterocycles. The van der Waals surface area contributed by atoms with E-state index >= 15 is 0 Å². The number of carbonyl (C=O) groups is 1. The zero-order valence-electron chi connectivity index (χ0n) is 11.1. The molecule has 1 heterocycles. The lowest BCUT2D eigenvalue weighted by atomic mass is 10.3. The van der Waals surface area contributed by atoms with Gasteiger partial charge in [-0.2, -0.15) is 0 Å². The topological polar surface area (TPSA) is 54.5 Å². The normalized spacial score (nSPS) is 9.95. The Bertz CT molecular complexity index is 600. The van der Waals surface area contributed by atoms with E-state index in [1.165, 1.54) is 4.90 Å². The average Bonchev–Trinajstić information content (AvgIpc) is 2.41. The smallest absolute Gasteiger partial charge is 0.321 e. The molecule has 0 aliphatic heterocycles. The van der Waals surface area contributed by atoms with Crippen LogP contribution in [0.25, 0.3) is 0 Å². The summed E-state index contributed by atoms with van der Waals surface area (Å²) in [5, 5.41) is 2.75. The molecule has 2 aromatic rings. The predicted octanol–water partition coefficient (Wildman–Crippen LogP) is 3.73.